The zero-order valence-corrected chi connectivity index (χ0v) is 20.4. The van der Waals surface area contributed by atoms with Crippen molar-refractivity contribution in [3.63, 3.8) is 0 Å². The van der Waals surface area contributed by atoms with Gasteiger partial charge < -0.3 is 14.8 Å². The molecule has 176 valence electrons. The number of sulfonamides is 1. The number of amides is 1. The van der Waals surface area contributed by atoms with E-state index < -0.39 is 16.1 Å². The molecule has 0 bridgehead atoms. The number of methoxy groups -OCH3 is 1. The molecule has 0 aliphatic rings. The van der Waals surface area contributed by atoms with Gasteiger partial charge in [-0.3, -0.25) is 4.79 Å². The highest BCUT2D eigenvalue weighted by atomic mass is 35.5. The normalized spacial score (nSPS) is 12.4. The lowest BCUT2D eigenvalue weighted by Crippen LogP contribution is -2.49. The van der Waals surface area contributed by atoms with Crippen LogP contribution in [0.4, 0.5) is 0 Å². The summed E-state index contributed by atoms with van der Waals surface area (Å²) in [5.74, 6) is 0.740. The van der Waals surface area contributed by atoms with Gasteiger partial charge in [0.25, 0.3) is 0 Å². The van der Waals surface area contributed by atoms with Crippen LogP contribution in [0.5, 0.6) is 11.5 Å². The minimum Gasteiger partial charge on any atom is -0.493 e. The number of carbonyl (C=O) groups is 1. The molecule has 2 rings (SSSR count). The van der Waals surface area contributed by atoms with Gasteiger partial charge in [0.1, 0.15) is 6.04 Å². The first-order valence-electron chi connectivity index (χ1n) is 10.4. The third kappa shape index (κ3) is 8.68. The quantitative estimate of drug-likeness (QED) is 0.484. The summed E-state index contributed by atoms with van der Waals surface area (Å²) in [6.45, 7) is 4.45. The molecule has 0 spiro atoms. The van der Waals surface area contributed by atoms with Crippen molar-refractivity contribution in [2.24, 2.45) is 5.92 Å². The monoisotopic (exact) mass is 482 g/mol. The Bertz CT molecular complexity index is 994. The van der Waals surface area contributed by atoms with Crippen molar-refractivity contribution >= 4 is 27.5 Å². The lowest BCUT2D eigenvalue weighted by molar-refractivity contribution is -0.123. The van der Waals surface area contributed by atoms with Crippen LogP contribution in [0.25, 0.3) is 0 Å². The number of ether oxygens (including phenoxy) is 2. The van der Waals surface area contributed by atoms with Gasteiger partial charge in [-0.1, -0.05) is 43.6 Å². The van der Waals surface area contributed by atoms with E-state index in [4.69, 9.17) is 21.1 Å². The first kappa shape index (κ1) is 26.0. The second-order valence-corrected chi connectivity index (χ2v) is 10.1. The van der Waals surface area contributed by atoms with Crippen molar-refractivity contribution in [3.8, 4) is 11.5 Å². The molecule has 0 saturated heterocycles. The van der Waals surface area contributed by atoms with E-state index in [1.807, 2.05) is 42.5 Å². The fourth-order valence-electron chi connectivity index (χ4n) is 3.08. The second-order valence-electron chi connectivity index (χ2n) is 7.86. The van der Waals surface area contributed by atoms with E-state index in [-0.39, 0.29) is 11.8 Å². The van der Waals surface area contributed by atoms with Crippen LogP contribution in [0.15, 0.2) is 42.5 Å². The molecule has 0 heterocycles. The maximum atomic E-state index is 12.4. The highest BCUT2D eigenvalue weighted by molar-refractivity contribution is 7.88. The molecule has 0 radical (unpaired) electrons. The van der Waals surface area contributed by atoms with Gasteiger partial charge in [-0.05, 0) is 47.7 Å². The first-order chi connectivity index (χ1) is 15.1. The highest BCUT2D eigenvalue weighted by Gasteiger charge is 2.24. The predicted molar refractivity (Wildman–Crippen MR) is 127 cm³/mol. The summed E-state index contributed by atoms with van der Waals surface area (Å²) in [4.78, 5) is 12.4. The predicted octanol–water partition coefficient (Wildman–Crippen LogP) is 3.20. The molecular weight excluding hydrogens is 452 g/mol. The summed E-state index contributed by atoms with van der Waals surface area (Å²) in [6.07, 6.45) is 2.35. The lowest BCUT2D eigenvalue weighted by atomic mass is 10.0. The number of benzene rings is 2. The van der Waals surface area contributed by atoms with Crippen LogP contribution in [0.2, 0.25) is 5.02 Å². The molecule has 32 heavy (non-hydrogen) atoms. The summed E-state index contributed by atoms with van der Waals surface area (Å²) in [5.41, 5.74) is 2.09. The van der Waals surface area contributed by atoms with Gasteiger partial charge in [-0.15, -0.1) is 0 Å². The van der Waals surface area contributed by atoms with Crippen molar-refractivity contribution in [2.45, 2.75) is 32.7 Å². The maximum Gasteiger partial charge on any atom is 0.238 e. The number of hydrogen-bond acceptors (Lipinski definition) is 5. The molecule has 1 amide bonds. The molecule has 0 aliphatic carbocycles. The fraction of sp³-hybridized carbons (Fsp3) is 0.435. The van der Waals surface area contributed by atoms with E-state index in [0.29, 0.717) is 36.1 Å². The Kier molecular flexibility index (Phi) is 9.81. The average Bonchev–Trinajstić information content (AvgIpc) is 2.73. The minimum atomic E-state index is -3.48. The van der Waals surface area contributed by atoms with Crippen molar-refractivity contribution in [1.82, 2.24) is 10.0 Å². The number of hydrogen-bond donors (Lipinski definition) is 2. The average molecular weight is 483 g/mol. The Morgan fingerprint density at radius 1 is 1.03 bits per heavy atom. The summed E-state index contributed by atoms with van der Waals surface area (Å²) in [6, 6.07) is 12.5. The van der Waals surface area contributed by atoms with Gasteiger partial charge >= 0.3 is 0 Å². The summed E-state index contributed by atoms with van der Waals surface area (Å²) < 4.78 is 36.7. The number of carbonyl (C=O) groups excluding carboxylic acids is 1. The van der Waals surface area contributed by atoms with Gasteiger partial charge in [0.2, 0.25) is 15.9 Å². The molecule has 2 N–H and O–H groups in total. The molecule has 0 saturated carbocycles. The SMILES string of the molecule is COc1cc(CCNC(=O)C(NS(C)(=O)=O)C(C)C)ccc1OCCc1ccc(Cl)cc1. The Morgan fingerprint density at radius 3 is 2.28 bits per heavy atom. The van der Waals surface area contributed by atoms with Crippen molar-refractivity contribution < 1.29 is 22.7 Å². The third-order valence-electron chi connectivity index (χ3n) is 4.79. The standard InChI is InChI=1S/C23H31ClN2O5S/c1-16(2)22(26-32(4,28)29)23(27)25-13-11-18-7-10-20(21(15-18)30-3)31-14-12-17-5-8-19(24)9-6-17/h5-10,15-16,22,26H,11-14H2,1-4H3,(H,25,27). The van der Waals surface area contributed by atoms with E-state index in [9.17, 15) is 13.2 Å². The molecule has 0 aliphatic heterocycles. The number of nitrogens with one attached hydrogen (secondary N) is 2. The van der Waals surface area contributed by atoms with Crippen LogP contribution in [-0.4, -0.2) is 46.9 Å². The Hall–Kier alpha value is -2.29. The van der Waals surface area contributed by atoms with Crippen molar-refractivity contribution in [2.75, 3.05) is 26.5 Å². The first-order valence-corrected chi connectivity index (χ1v) is 12.6. The summed E-state index contributed by atoms with van der Waals surface area (Å²) >= 11 is 5.91. The van der Waals surface area contributed by atoms with Crippen LogP contribution in [0, 0.1) is 5.92 Å². The molecular formula is C23H31ClN2O5S. The number of halogens is 1. The van der Waals surface area contributed by atoms with Crippen LogP contribution in [0.3, 0.4) is 0 Å². The maximum absolute atomic E-state index is 12.4. The fourth-order valence-corrected chi connectivity index (χ4v) is 4.05. The summed E-state index contributed by atoms with van der Waals surface area (Å²) in [7, 11) is -1.90. The lowest BCUT2D eigenvalue weighted by Gasteiger charge is -2.20. The minimum absolute atomic E-state index is 0.172. The van der Waals surface area contributed by atoms with Gasteiger partial charge in [0.05, 0.1) is 20.0 Å². The van der Waals surface area contributed by atoms with Crippen LogP contribution < -0.4 is 19.5 Å². The third-order valence-corrected chi connectivity index (χ3v) is 5.73. The highest BCUT2D eigenvalue weighted by Crippen LogP contribution is 2.28. The van der Waals surface area contributed by atoms with Crippen molar-refractivity contribution in [1.29, 1.82) is 0 Å². The number of rotatable bonds is 12. The van der Waals surface area contributed by atoms with Crippen LogP contribution in [0.1, 0.15) is 25.0 Å². The second kappa shape index (κ2) is 12.1. The van der Waals surface area contributed by atoms with Gasteiger partial charge in [0.15, 0.2) is 11.5 Å². The smallest absolute Gasteiger partial charge is 0.238 e. The molecule has 2 aromatic rings. The molecule has 1 unspecified atom stereocenters. The molecule has 0 aromatic heterocycles. The van der Waals surface area contributed by atoms with Gasteiger partial charge in [0, 0.05) is 18.0 Å². The molecule has 7 nitrogen and oxygen atoms in total. The van der Waals surface area contributed by atoms with E-state index in [0.717, 1.165) is 23.8 Å². The van der Waals surface area contributed by atoms with E-state index in [2.05, 4.69) is 10.0 Å². The van der Waals surface area contributed by atoms with E-state index in [1.165, 1.54) is 0 Å². The Labute approximate surface area is 195 Å². The van der Waals surface area contributed by atoms with Gasteiger partial charge in [-0.2, -0.15) is 0 Å². The largest absolute Gasteiger partial charge is 0.493 e. The van der Waals surface area contributed by atoms with Crippen LogP contribution >= 0.6 is 11.6 Å². The Morgan fingerprint density at radius 2 is 1.69 bits per heavy atom. The molecule has 9 heteroatoms. The zero-order chi connectivity index (χ0) is 23.7. The Balaban J connectivity index is 1.88. The van der Waals surface area contributed by atoms with Crippen molar-refractivity contribution in [3.05, 3.63) is 58.6 Å². The topological polar surface area (TPSA) is 93.7 Å². The van der Waals surface area contributed by atoms with E-state index >= 15 is 0 Å². The molecule has 1 atom stereocenters. The zero-order valence-electron chi connectivity index (χ0n) is 18.9. The summed E-state index contributed by atoms with van der Waals surface area (Å²) in [5, 5.41) is 3.50. The molecule has 2 aromatic carbocycles. The van der Waals surface area contributed by atoms with Gasteiger partial charge in [-0.25, -0.2) is 13.1 Å². The molecule has 0 fully saturated rings. The van der Waals surface area contributed by atoms with E-state index in [1.54, 1.807) is 21.0 Å². The van der Waals surface area contributed by atoms with Crippen LogP contribution in [-0.2, 0) is 27.7 Å².